The number of alkyl carbamates (subject to hydrolysis) is 1. The highest BCUT2D eigenvalue weighted by Crippen LogP contribution is 2.44. The molecule has 0 fully saturated rings. The predicted octanol–water partition coefficient (Wildman–Crippen LogP) is 7.66. The van der Waals surface area contributed by atoms with E-state index in [9.17, 15) is 19.2 Å². The highest BCUT2D eigenvalue weighted by molar-refractivity contribution is 7.09. The molecule has 1 aromatic heterocycles. The Balaban J connectivity index is 1.18. The molecular formula is C44H54N4O6S. The Morgan fingerprint density at radius 3 is 2.05 bits per heavy atom. The number of rotatable bonds is 17. The van der Waals surface area contributed by atoms with E-state index in [0.29, 0.717) is 31.4 Å². The van der Waals surface area contributed by atoms with Crippen LogP contribution in [0.5, 0.6) is 0 Å². The first-order chi connectivity index (χ1) is 26.4. The second-order valence-corrected chi connectivity index (χ2v) is 16.1. The van der Waals surface area contributed by atoms with Gasteiger partial charge in [-0.3, -0.25) is 14.4 Å². The number of nitrogens with zero attached hydrogens (tertiary/aromatic N) is 2. The minimum absolute atomic E-state index is 0.0808. The quantitative estimate of drug-likeness (QED) is 0.106. The van der Waals surface area contributed by atoms with E-state index in [0.717, 1.165) is 32.8 Å². The number of likely N-dealkylation sites (N-methyl/N-ethyl adjacent to an activating group) is 1. The van der Waals surface area contributed by atoms with Crippen LogP contribution in [0.4, 0.5) is 4.79 Å². The van der Waals surface area contributed by atoms with E-state index < -0.39 is 12.1 Å². The summed E-state index contributed by atoms with van der Waals surface area (Å²) in [5, 5.41) is 8.50. The van der Waals surface area contributed by atoms with E-state index in [4.69, 9.17) is 9.47 Å². The number of thiazole rings is 1. The number of benzene rings is 3. The van der Waals surface area contributed by atoms with Crippen LogP contribution in [0.25, 0.3) is 11.1 Å². The number of fused-ring (bicyclic) bond motifs is 3. The third-order valence-electron chi connectivity index (χ3n) is 10.5. The van der Waals surface area contributed by atoms with Crippen molar-refractivity contribution in [3.8, 4) is 11.1 Å². The molecule has 3 aromatic carbocycles. The third kappa shape index (κ3) is 10.4. The van der Waals surface area contributed by atoms with E-state index in [-0.39, 0.29) is 60.1 Å². The number of aromatic nitrogens is 1. The van der Waals surface area contributed by atoms with E-state index >= 15 is 0 Å². The van der Waals surface area contributed by atoms with Crippen molar-refractivity contribution in [3.63, 3.8) is 0 Å². The van der Waals surface area contributed by atoms with Gasteiger partial charge in [-0.25, -0.2) is 9.78 Å². The Morgan fingerprint density at radius 1 is 0.836 bits per heavy atom. The summed E-state index contributed by atoms with van der Waals surface area (Å²) in [4.78, 5) is 59.2. The normalized spacial score (nSPS) is 14.3. The second kappa shape index (κ2) is 19.0. The molecular weight excluding hydrogens is 713 g/mol. The molecule has 0 spiro atoms. The molecule has 2 N–H and O–H groups in total. The number of ether oxygens (including phenoxy) is 2. The molecule has 10 nitrogen and oxygen atoms in total. The number of hydrogen-bond donors (Lipinski definition) is 2. The lowest BCUT2D eigenvalue weighted by Gasteiger charge is -2.35. The van der Waals surface area contributed by atoms with Crippen LogP contribution in [0.2, 0.25) is 0 Å². The lowest BCUT2D eigenvalue weighted by Crippen LogP contribution is -2.53. The Labute approximate surface area is 329 Å². The van der Waals surface area contributed by atoms with Crippen molar-refractivity contribution >= 4 is 35.2 Å². The van der Waals surface area contributed by atoms with Crippen molar-refractivity contribution in [3.05, 3.63) is 112 Å². The molecule has 1 heterocycles. The van der Waals surface area contributed by atoms with Crippen LogP contribution >= 0.6 is 11.3 Å². The molecule has 0 unspecified atom stereocenters. The lowest BCUT2D eigenvalue weighted by molar-refractivity contribution is -0.145. The molecule has 0 radical (unpaired) electrons. The molecule has 292 valence electrons. The lowest BCUT2D eigenvalue weighted by atomic mass is 9.95. The highest BCUT2D eigenvalue weighted by atomic mass is 32.1. The molecule has 4 atom stereocenters. The van der Waals surface area contributed by atoms with E-state index in [2.05, 4.69) is 53.7 Å². The third-order valence-corrected chi connectivity index (χ3v) is 11.4. The van der Waals surface area contributed by atoms with Crippen LogP contribution in [0.3, 0.4) is 0 Å². The van der Waals surface area contributed by atoms with Gasteiger partial charge in [-0.2, -0.15) is 0 Å². The molecule has 1 aliphatic rings. The summed E-state index contributed by atoms with van der Waals surface area (Å²) in [7, 11) is 3.15. The Morgan fingerprint density at radius 2 is 1.45 bits per heavy atom. The van der Waals surface area contributed by atoms with E-state index in [1.807, 2.05) is 68.4 Å². The van der Waals surface area contributed by atoms with Gasteiger partial charge < -0.3 is 25.0 Å². The first-order valence-corrected chi connectivity index (χ1v) is 20.0. The molecule has 4 aromatic rings. The molecule has 0 bridgehead atoms. The first-order valence-electron chi connectivity index (χ1n) is 19.1. The summed E-state index contributed by atoms with van der Waals surface area (Å²) in [6.45, 7) is 9.92. The molecule has 3 amide bonds. The molecule has 55 heavy (non-hydrogen) atoms. The number of methoxy groups -OCH3 is 1. The number of carbonyl (C=O) groups excluding carboxylic acids is 4. The van der Waals surface area contributed by atoms with Gasteiger partial charge in [0.1, 0.15) is 18.3 Å². The summed E-state index contributed by atoms with van der Waals surface area (Å²) in [6, 6.07) is 25.0. The maximum atomic E-state index is 14.0. The Kier molecular flexibility index (Phi) is 14.2. The summed E-state index contributed by atoms with van der Waals surface area (Å²) in [6.07, 6.45) is 1.56. The fraction of sp³-hybridized carbons (Fsp3) is 0.432. The maximum Gasteiger partial charge on any atom is 0.407 e. The van der Waals surface area contributed by atoms with Crippen molar-refractivity contribution in [2.24, 2.45) is 17.8 Å². The van der Waals surface area contributed by atoms with Gasteiger partial charge in [0.25, 0.3) is 5.91 Å². The molecule has 0 aliphatic heterocycles. The molecule has 0 saturated carbocycles. The largest absolute Gasteiger partial charge is 0.469 e. The van der Waals surface area contributed by atoms with E-state index in [1.54, 1.807) is 24.3 Å². The van der Waals surface area contributed by atoms with Crippen LogP contribution in [-0.4, -0.2) is 72.7 Å². The fourth-order valence-corrected chi connectivity index (χ4v) is 8.31. The summed E-state index contributed by atoms with van der Waals surface area (Å²) in [5.74, 6) is -1.33. The average molecular weight is 767 g/mol. The Bertz CT molecular complexity index is 1880. The standard InChI is InChI=1S/C44H54N4O6S/c1-27(2)38(21-22-39-46-37(26-55-39)41(49)45-31(23-29(5)43(51)53-7)24-30-15-9-8-10-16-30)48(6)42(50)40(28(3)4)47-44(52)54-25-36-34-19-13-11-17-32(34)33-18-12-14-20-35(33)36/h8-20,26-29,31,36,38,40H,21-25H2,1-7H3,(H,45,49)(H,47,52)/t29-,31+,38+,40-/m0/s1. The van der Waals surface area contributed by atoms with Gasteiger partial charge in [-0.15, -0.1) is 11.3 Å². The topological polar surface area (TPSA) is 127 Å². The van der Waals surface area contributed by atoms with Crippen LogP contribution in [0.15, 0.2) is 84.2 Å². The van der Waals surface area contributed by atoms with Crippen molar-refractivity contribution in [1.82, 2.24) is 20.5 Å². The molecule has 0 saturated heterocycles. The summed E-state index contributed by atoms with van der Waals surface area (Å²) < 4.78 is 10.7. The van der Waals surface area contributed by atoms with Crippen molar-refractivity contribution < 1.29 is 28.7 Å². The number of esters is 1. The maximum absolute atomic E-state index is 14.0. The number of aryl methyl sites for hydroxylation is 1. The van der Waals surface area contributed by atoms with Crippen molar-refractivity contribution in [2.45, 2.75) is 84.3 Å². The van der Waals surface area contributed by atoms with E-state index in [1.165, 1.54) is 18.4 Å². The zero-order valence-electron chi connectivity index (χ0n) is 32.9. The Hall–Kier alpha value is -5.03. The van der Waals surface area contributed by atoms with Gasteiger partial charge in [0, 0.05) is 36.9 Å². The number of amides is 3. The van der Waals surface area contributed by atoms with Gasteiger partial charge >= 0.3 is 12.1 Å². The molecule has 11 heteroatoms. The molecule has 1 aliphatic carbocycles. The zero-order valence-corrected chi connectivity index (χ0v) is 33.7. The minimum atomic E-state index is -0.775. The average Bonchev–Trinajstić information content (AvgIpc) is 3.78. The van der Waals surface area contributed by atoms with Crippen LogP contribution in [-0.2, 0) is 31.9 Å². The minimum Gasteiger partial charge on any atom is -0.469 e. The second-order valence-electron chi connectivity index (χ2n) is 15.1. The summed E-state index contributed by atoms with van der Waals surface area (Å²) >= 11 is 1.41. The van der Waals surface area contributed by atoms with Crippen LogP contribution in [0, 0.1) is 17.8 Å². The van der Waals surface area contributed by atoms with Gasteiger partial charge in [0.2, 0.25) is 5.91 Å². The first kappa shape index (κ1) is 41.1. The predicted molar refractivity (Wildman–Crippen MR) is 216 cm³/mol. The fourth-order valence-electron chi connectivity index (χ4n) is 7.51. The van der Waals surface area contributed by atoms with Gasteiger partial charge in [0.05, 0.1) is 18.0 Å². The number of hydrogen-bond acceptors (Lipinski definition) is 8. The van der Waals surface area contributed by atoms with Gasteiger partial charge in [0.15, 0.2) is 0 Å². The number of carbonyl (C=O) groups is 4. The SMILES string of the molecule is COC(=O)[C@@H](C)C[C@H](Cc1ccccc1)NC(=O)c1csc(CC[C@H](C(C)C)N(C)C(=O)[C@@H](NC(=O)OCC2c3ccccc3-c3ccccc32)C(C)C)n1. The highest BCUT2D eigenvalue weighted by Gasteiger charge is 2.34. The monoisotopic (exact) mass is 766 g/mol. The summed E-state index contributed by atoms with van der Waals surface area (Å²) in [5.41, 5.74) is 5.92. The molecule has 5 rings (SSSR count). The number of nitrogens with one attached hydrogen (secondary N) is 2. The van der Waals surface area contributed by atoms with Crippen molar-refractivity contribution in [1.29, 1.82) is 0 Å². The van der Waals surface area contributed by atoms with Crippen molar-refractivity contribution in [2.75, 3.05) is 20.8 Å². The van der Waals surface area contributed by atoms with Crippen LogP contribution < -0.4 is 10.6 Å². The zero-order chi connectivity index (χ0) is 39.6. The van der Waals surface area contributed by atoms with Gasteiger partial charge in [-0.05, 0) is 58.9 Å². The smallest absolute Gasteiger partial charge is 0.407 e. The van der Waals surface area contributed by atoms with Gasteiger partial charge in [-0.1, -0.05) is 113 Å². The van der Waals surface area contributed by atoms with Crippen LogP contribution in [0.1, 0.15) is 85.6 Å².